The maximum absolute atomic E-state index is 13.1. The molecule has 2 aliphatic rings. The van der Waals surface area contributed by atoms with Crippen molar-refractivity contribution in [2.75, 3.05) is 33.3 Å². The topological polar surface area (TPSA) is 50.6 Å². The summed E-state index contributed by atoms with van der Waals surface area (Å²) in [6, 6.07) is 12.1. The van der Waals surface area contributed by atoms with Crippen molar-refractivity contribution in [3.05, 3.63) is 66.1 Å². The Kier molecular flexibility index (Phi) is 5.28. The maximum atomic E-state index is 13.1. The first kappa shape index (κ1) is 20.2. The predicted octanol–water partition coefficient (Wildman–Crippen LogP) is 3.33. The lowest BCUT2D eigenvalue weighted by Crippen LogP contribution is -2.72. The van der Waals surface area contributed by atoms with Crippen molar-refractivity contribution < 1.29 is 9.53 Å². The molecule has 162 valence electrons. The van der Waals surface area contributed by atoms with Crippen LogP contribution in [0.5, 0.6) is 0 Å². The number of nitrogens with zero attached hydrogens (tertiary/aromatic N) is 4. The first-order chi connectivity index (χ1) is 15.0. The normalized spacial score (nSPS) is 20.8. The van der Waals surface area contributed by atoms with E-state index in [1.807, 2.05) is 54.7 Å². The Morgan fingerprint density at radius 2 is 2.10 bits per heavy atom. The molecule has 31 heavy (non-hydrogen) atoms. The van der Waals surface area contributed by atoms with Gasteiger partial charge in [0.2, 0.25) is 0 Å². The van der Waals surface area contributed by atoms with Crippen LogP contribution in [0.3, 0.4) is 0 Å². The van der Waals surface area contributed by atoms with Gasteiger partial charge in [0.25, 0.3) is 5.91 Å². The molecular weight excluding hydrogens is 388 g/mol. The standard InChI is InChI=1S/C25H30N4O2/c1-27-10-8-21-12-22(5-6-23(21)27)24(30)29-17-25(18-29)13-19(7-11-28(25)2)15-31-16-20-4-3-9-26-14-20/h3-6,8-10,12,14,19H,7,11,13,15-18H2,1-2H3/t19-/m0/s1. The second-order valence-electron chi connectivity index (χ2n) is 9.24. The number of ether oxygens (including phenoxy) is 1. The van der Waals surface area contributed by atoms with E-state index in [9.17, 15) is 4.79 Å². The van der Waals surface area contributed by atoms with Crippen LogP contribution in [-0.4, -0.2) is 64.1 Å². The summed E-state index contributed by atoms with van der Waals surface area (Å²) in [7, 11) is 4.23. The minimum Gasteiger partial charge on any atom is -0.376 e. The molecule has 2 fully saturated rings. The van der Waals surface area contributed by atoms with Crippen LogP contribution >= 0.6 is 0 Å². The molecule has 1 atom stereocenters. The lowest BCUT2D eigenvalue weighted by atomic mass is 9.75. The van der Waals surface area contributed by atoms with E-state index in [0.29, 0.717) is 12.5 Å². The van der Waals surface area contributed by atoms with Crippen LogP contribution in [0, 0.1) is 5.92 Å². The Bertz CT molecular complexity index is 1070. The highest BCUT2D eigenvalue weighted by Gasteiger charge is 2.51. The number of hydrogen-bond acceptors (Lipinski definition) is 4. The average Bonchev–Trinajstić information content (AvgIpc) is 3.14. The van der Waals surface area contributed by atoms with Crippen molar-refractivity contribution in [2.45, 2.75) is 25.0 Å². The number of carbonyl (C=O) groups is 1. The highest BCUT2D eigenvalue weighted by molar-refractivity contribution is 5.98. The Morgan fingerprint density at radius 1 is 1.23 bits per heavy atom. The van der Waals surface area contributed by atoms with Gasteiger partial charge in [0.05, 0.1) is 12.1 Å². The van der Waals surface area contributed by atoms with Gasteiger partial charge in [-0.2, -0.15) is 0 Å². The summed E-state index contributed by atoms with van der Waals surface area (Å²) in [4.78, 5) is 21.7. The number of pyridine rings is 1. The average molecular weight is 419 g/mol. The Labute approximate surface area is 183 Å². The van der Waals surface area contributed by atoms with Crippen LogP contribution in [0.25, 0.3) is 10.9 Å². The van der Waals surface area contributed by atoms with E-state index >= 15 is 0 Å². The second-order valence-corrected chi connectivity index (χ2v) is 9.24. The van der Waals surface area contributed by atoms with Gasteiger partial charge in [0, 0.05) is 61.8 Å². The molecule has 0 bridgehead atoms. The number of likely N-dealkylation sites (N-methyl/N-ethyl adjacent to an activating group) is 1. The molecule has 3 aromatic rings. The van der Waals surface area contributed by atoms with Gasteiger partial charge in [-0.3, -0.25) is 14.7 Å². The molecule has 4 heterocycles. The fraction of sp³-hybridized carbons (Fsp3) is 0.440. The lowest BCUT2D eigenvalue weighted by Gasteiger charge is -2.58. The van der Waals surface area contributed by atoms with Crippen LogP contribution in [0.4, 0.5) is 0 Å². The van der Waals surface area contributed by atoms with Crippen molar-refractivity contribution in [3.63, 3.8) is 0 Å². The summed E-state index contributed by atoms with van der Waals surface area (Å²) >= 11 is 0. The largest absolute Gasteiger partial charge is 0.376 e. The molecule has 1 aromatic carbocycles. The van der Waals surface area contributed by atoms with Gasteiger partial charge in [-0.15, -0.1) is 0 Å². The van der Waals surface area contributed by atoms with E-state index in [1.165, 1.54) is 0 Å². The summed E-state index contributed by atoms with van der Waals surface area (Å²) < 4.78 is 8.08. The third-order valence-corrected chi connectivity index (χ3v) is 7.09. The lowest BCUT2D eigenvalue weighted by molar-refractivity contribution is -0.0768. The molecule has 0 saturated carbocycles. The zero-order chi connectivity index (χ0) is 21.4. The molecular formula is C25H30N4O2. The Morgan fingerprint density at radius 3 is 2.90 bits per heavy atom. The molecule has 0 aliphatic carbocycles. The molecule has 0 unspecified atom stereocenters. The Hall–Kier alpha value is -2.70. The fourth-order valence-corrected chi connectivity index (χ4v) is 5.15. The summed E-state index contributed by atoms with van der Waals surface area (Å²) in [6.07, 6.45) is 7.90. The molecule has 0 radical (unpaired) electrons. The summed E-state index contributed by atoms with van der Waals surface area (Å²) in [5, 5.41) is 1.12. The minimum absolute atomic E-state index is 0.0904. The molecule has 2 aromatic heterocycles. The number of piperidine rings is 1. The number of rotatable bonds is 5. The fourth-order valence-electron chi connectivity index (χ4n) is 5.15. The van der Waals surface area contributed by atoms with Crippen LogP contribution in [0.2, 0.25) is 0 Å². The van der Waals surface area contributed by atoms with Gasteiger partial charge in [-0.05, 0) is 68.2 Å². The predicted molar refractivity (Wildman–Crippen MR) is 121 cm³/mol. The number of fused-ring (bicyclic) bond motifs is 1. The molecule has 1 amide bonds. The molecule has 1 spiro atoms. The number of aryl methyl sites for hydroxylation is 1. The molecule has 5 rings (SSSR count). The van der Waals surface area contributed by atoms with Gasteiger partial charge in [0.15, 0.2) is 0 Å². The maximum Gasteiger partial charge on any atom is 0.254 e. The van der Waals surface area contributed by atoms with E-state index in [1.54, 1.807) is 6.20 Å². The van der Waals surface area contributed by atoms with Crippen LogP contribution < -0.4 is 0 Å². The zero-order valence-electron chi connectivity index (χ0n) is 18.3. The van der Waals surface area contributed by atoms with E-state index < -0.39 is 0 Å². The van der Waals surface area contributed by atoms with Crippen molar-refractivity contribution in [2.24, 2.45) is 13.0 Å². The quantitative estimate of drug-likeness (QED) is 0.638. The van der Waals surface area contributed by atoms with E-state index in [2.05, 4.69) is 27.6 Å². The van der Waals surface area contributed by atoms with Crippen molar-refractivity contribution in [1.82, 2.24) is 19.4 Å². The summed E-state index contributed by atoms with van der Waals surface area (Å²) in [5.41, 5.74) is 3.13. The number of benzene rings is 1. The first-order valence-electron chi connectivity index (χ1n) is 11.1. The van der Waals surface area contributed by atoms with Gasteiger partial charge in [-0.1, -0.05) is 6.07 Å². The number of amides is 1. The molecule has 6 nitrogen and oxygen atoms in total. The molecule has 6 heteroatoms. The minimum atomic E-state index is 0.0904. The highest BCUT2D eigenvalue weighted by Crippen LogP contribution is 2.39. The van der Waals surface area contributed by atoms with Gasteiger partial charge in [0.1, 0.15) is 0 Å². The van der Waals surface area contributed by atoms with E-state index in [0.717, 1.165) is 61.1 Å². The summed E-state index contributed by atoms with van der Waals surface area (Å²) in [6.45, 7) is 4.03. The van der Waals surface area contributed by atoms with Gasteiger partial charge in [-0.25, -0.2) is 0 Å². The highest BCUT2D eigenvalue weighted by atomic mass is 16.5. The van der Waals surface area contributed by atoms with Crippen molar-refractivity contribution in [1.29, 1.82) is 0 Å². The van der Waals surface area contributed by atoms with Gasteiger partial charge >= 0.3 is 0 Å². The van der Waals surface area contributed by atoms with Crippen LogP contribution in [-0.2, 0) is 18.4 Å². The number of aromatic nitrogens is 2. The number of likely N-dealkylation sites (tertiary alicyclic amines) is 2. The van der Waals surface area contributed by atoms with E-state index in [4.69, 9.17) is 4.74 Å². The third kappa shape index (κ3) is 3.86. The van der Waals surface area contributed by atoms with E-state index in [-0.39, 0.29) is 11.4 Å². The monoisotopic (exact) mass is 418 g/mol. The Balaban J connectivity index is 1.19. The molecule has 0 N–H and O–H groups in total. The van der Waals surface area contributed by atoms with Gasteiger partial charge < -0.3 is 14.2 Å². The van der Waals surface area contributed by atoms with Crippen molar-refractivity contribution in [3.8, 4) is 0 Å². The smallest absolute Gasteiger partial charge is 0.254 e. The first-order valence-corrected chi connectivity index (χ1v) is 11.1. The van der Waals surface area contributed by atoms with Crippen LogP contribution in [0.15, 0.2) is 55.0 Å². The van der Waals surface area contributed by atoms with Crippen molar-refractivity contribution >= 4 is 16.8 Å². The molecule has 2 saturated heterocycles. The number of carbonyl (C=O) groups excluding carboxylic acids is 1. The zero-order valence-corrected chi connectivity index (χ0v) is 18.3. The second kappa shape index (κ2) is 8.09. The number of hydrogen-bond donors (Lipinski definition) is 0. The summed E-state index contributed by atoms with van der Waals surface area (Å²) in [5.74, 6) is 0.672. The SMILES string of the molecule is CN1CC[C@H](COCc2cccnc2)CC12CN(C(=O)c1ccc3c(ccn3C)c1)C2. The third-order valence-electron chi connectivity index (χ3n) is 7.09. The molecule has 2 aliphatic heterocycles. The van der Waals surface area contributed by atoms with Crippen LogP contribution in [0.1, 0.15) is 28.8 Å².